The van der Waals surface area contributed by atoms with E-state index >= 15 is 0 Å². The van der Waals surface area contributed by atoms with Crippen LogP contribution in [0.5, 0.6) is 0 Å². The minimum absolute atomic E-state index is 0.824. The van der Waals surface area contributed by atoms with E-state index in [0.717, 1.165) is 23.2 Å². The van der Waals surface area contributed by atoms with Gasteiger partial charge in [0.2, 0.25) is 0 Å². The van der Waals surface area contributed by atoms with Crippen LogP contribution in [0.4, 0.5) is 0 Å². The number of fused-ring (bicyclic) bond motifs is 2. The van der Waals surface area contributed by atoms with E-state index in [1.54, 1.807) is 0 Å². The van der Waals surface area contributed by atoms with Crippen molar-refractivity contribution in [3.05, 3.63) is 12.2 Å². The maximum Gasteiger partial charge on any atom is 0.00155 e. The third-order valence-corrected chi connectivity index (χ3v) is 6.24. The molecule has 2 saturated carbocycles. The lowest BCUT2D eigenvalue weighted by Crippen LogP contribution is -2.45. The number of rotatable bonds is 2. The lowest BCUT2D eigenvalue weighted by atomic mass is 9.63. The van der Waals surface area contributed by atoms with Crippen LogP contribution in [0.15, 0.2) is 12.2 Å². The summed E-state index contributed by atoms with van der Waals surface area (Å²) in [7, 11) is 0. The van der Waals surface area contributed by atoms with Gasteiger partial charge in [-0.2, -0.15) is 0 Å². The van der Waals surface area contributed by atoms with Crippen molar-refractivity contribution in [2.75, 3.05) is 19.6 Å². The minimum atomic E-state index is 0.824. The SMILES string of the molecule is C1=CC2CC1CC2CN1CCC2(CCC2)CC1. The summed E-state index contributed by atoms with van der Waals surface area (Å²) in [4.78, 5) is 2.78. The van der Waals surface area contributed by atoms with E-state index in [1.807, 2.05) is 0 Å². The zero-order valence-electron chi connectivity index (χ0n) is 10.9. The molecular formula is C16H25N. The van der Waals surface area contributed by atoms with E-state index in [-0.39, 0.29) is 0 Å². The van der Waals surface area contributed by atoms with E-state index in [9.17, 15) is 0 Å². The quantitative estimate of drug-likeness (QED) is 0.658. The third kappa shape index (κ3) is 1.78. The Bertz CT molecular complexity index is 318. The van der Waals surface area contributed by atoms with Gasteiger partial charge < -0.3 is 4.90 Å². The summed E-state index contributed by atoms with van der Waals surface area (Å²) in [6.45, 7) is 4.21. The molecule has 0 N–H and O–H groups in total. The smallest absolute Gasteiger partial charge is 0.00155 e. The monoisotopic (exact) mass is 231 g/mol. The largest absolute Gasteiger partial charge is 0.303 e. The van der Waals surface area contributed by atoms with Gasteiger partial charge in [0, 0.05) is 6.54 Å². The van der Waals surface area contributed by atoms with Crippen molar-refractivity contribution in [3.63, 3.8) is 0 Å². The van der Waals surface area contributed by atoms with Gasteiger partial charge in [0.25, 0.3) is 0 Å². The predicted octanol–water partition coefficient (Wildman–Crippen LogP) is 3.46. The summed E-state index contributed by atoms with van der Waals surface area (Å²) in [5.41, 5.74) is 0.824. The van der Waals surface area contributed by atoms with Crippen molar-refractivity contribution < 1.29 is 0 Å². The van der Waals surface area contributed by atoms with Crippen LogP contribution >= 0.6 is 0 Å². The highest BCUT2D eigenvalue weighted by molar-refractivity contribution is 5.10. The molecule has 1 nitrogen and oxygen atoms in total. The van der Waals surface area contributed by atoms with E-state index in [1.165, 1.54) is 64.6 Å². The van der Waals surface area contributed by atoms with E-state index < -0.39 is 0 Å². The predicted molar refractivity (Wildman–Crippen MR) is 70.8 cm³/mol. The third-order valence-electron chi connectivity index (χ3n) is 6.24. The maximum atomic E-state index is 2.78. The summed E-state index contributed by atoms with van der Waals surface area (Å²) in [5.74, 6) is 2.90. The number of hydrogen-bond acceptors (Lipinski definition) is 1. The van der Waals surface area contributed by atoms with Gasteiger partial charge >= 0.3 is 0 Å². The molecule has 1 aliphatic heterocycles. The van der Waals surface area contributed by atoms with Gasteiger partial charge in [-0.15, -0.1) is 0 Å². The molecule has 1 heterocycles. The van der Waals surface area contributed by atoms with Crippen LogP contribution in [0.25, 0.3) is 0 Å². The van der Waals surface area contributed by atoms with Crippen molar-refractivity contribution in [1.82, 2.24) is 4.90 Å². The lowest BCUT2D eigenvalue weighted by Gasteiger charge is -2.48. The molecule has 1 heteroatoms. The van der Waals surface area contributed by atoms with Crippen LogP contribution < -0.4 is 0 Å². The minimum Gasteiger partial charge on any atom is -0.303 e. The Morgan fingerprint density at radius 1 is 1.00 bits per heavy atom. The first-order valence-corrected chi connectivity index (χ1v) is 7.74. The lowest BCUT2D eigenvalue weighted by molar-refractivity contribution is 0.0262. The molecule has 94 valence electrons. The molecular weight excluding hydrogens is 206 g/mol. The average molecular weight is 231 g/mol. The van der Waals surface area contributed by atoms with Crippen LogP contribution in [0, 0.1) is 23.2 Å². The topological polar surface area (TPSA) is 3.24 Å². The van der Waals surface area contributed by atoms with Gasteiger partial charge in [-0.3, -0.25) is 0 Å². The van der Waals surface area contributed by atoms with Gasteiger partial charge in [0.1, 0.15) is 0 Å². The number of allylic oxidation sites excluding steroid dienone is 2. The molecule has 17 heavy (non-hydrogen) atoms. The first kappa shape index (κ1) is 10.6. The van der Waals surface area contributed by atoms with Crippen molar-refractivity contribution in [1.29, 1.82) is 0 Å². The maximum absolute atomic E-state index is 2.78. The standard InChI is InChI=1S/C16H25N/c1-4-16(5-1)6-8-17(9-7-16)12-15-11-13-2-3-14(15)10-13/h2-3,13-15H,1,4-12H2. The van der Waals surface area contributed by atoms with Gasteiger partial charge in [0.05, 0.1) is 0 Å². The summed E-state index contributed by atoms with van der Waals surface area (Å²) in [5, 5.41) is 0. The molecule has 0 aromatic carbocycles. The van der Waals surface area contributed by atoms with Crippen molar-refractivity contribution in [2.45, 2.75) is 44.9 Å². The second-order valence-electron chi connectivity index (χ2n) is 7.19. The highest BCUT2D eigenvalue weighted by Crippen LogP contribution is 2.49. The van der Waals surface area contributed by atoms with Crippen LogP contribution in [0.1, 0.15) is 44.9 Å². The molecule has 4 rings (SSSR count). The first-order chi connectivity index (χ1) is 8.33. The fourth-order valence-electron chi connectivity index (χ4n) is 4.82. The summed E-state index contributed by atoms with van der Waals surface area (Å²) < 4.78 is 0. The molecule has 0 aromatic rings. The molecule has 3 aliphatic carbocycles. The zero-order chi connectivity index (χ0) is 11.3. The molecule has 0 radical (unpaired) electrons. The molecule has 1 spiro atoms. The molecule has 0 aromatic heterocycles. The van der Waals surface area contributed by atoms with Crippen molar-refractivity contribution in [3.8, 4) is 0 Å². The molecule has 3 fully saturated rings. The highest BCUT2D eigenvalue weighted by Gasteiger charge is 2.41. The molecule has 1 saturated heterocycles. The number of piperidine rings is 1. The Morgan fingerprint density at radius 2 is 1.82 bits per heavy atom. The molecule has 3 atom stereocenters. The molecule has 0 amide bonds. The fraction of sp³-hybridized carbons (Fsp3) is 0.875. The number of nitrogens with zero attached hydrogens (tertiary/aromatic N) is 1. The number of hydrogen-bond donors (Lipinski definition) is 0. The zero-order valence-corrected chi connectivity index (χ0v) is 10.9. The second kappa shape index (κ2) is 3.85. The molecule has 3 unspecified atom stereocenters. The van der Waals surface area contributed by atoms with E-state index in [2.05, 4.69) is 17.1 Å². The molecule has 2 bridgehead atoms. The van der Waals surface area contributed by atoms with Crippen molar-refractivity contribution in [2.24, 2.45) is 23.2 Å². The molecule has 4 aliphatic rings. The van der Waals surface area contributed by atoms with Crippen LogP contribution in [0.3, 0.4) is 0 Å². The van der Waals surface area contributed by atoms with Crippen LogP contribution in [-0.2, 0) is 0 Å². The highest BCUT2D eigenvalue weighted by atomic mass is 15.1. The van der Waals surface area contributed by atoms with Gasteiger partial charge in [-0.05, 0) is 74.8 Å². The van der Waals surface area contributed by atoms with Crippen LogP contribution in [0.2, 0.25) is 0 Å². The Morgan fingerprint density at radius 3 is 2.35 bits per heavy atom. The number of likely N-dealkylation sites (tertiary alicyclic amines) is 1. The summed E-state index contributed by atoms with van der Waals surface area (Å²) >= 11 is 0. The van der Waals surface area contributed by atoms with Gasteiger partial charge in [-0.1, -0.05) is 18.6 Å². The van der Waals surface area contributed by atoms with Gasteiger partial charge in [-0.25, -0.2) is 0 Å². The van der Waals surface area contributed by atoms with E-state index in [4.69, 9.17) is 0 Å². The Hall–Kier alpha value is -0.300. The van der Waals surface area contributed by atoms with Crippen LogP contribution in [-0.4, -0.2) is 24.5 Å². The van der Waals surface area contributed by atoms with E-state index in [0.29, 0.717) is 0 Å². The Labute approximate surface area is 105 Å². The second-order valence-corrected chi connectivity index (χ2v) is 7.19. The van der Waals surface area contributed by atoms with Gasteiger partial charge in [0.15, 0.2) is 0 Å². The van der Waals surface area contributed by atoms with Crippen molar-refractivity contribution >= 4 is 0 Å². The first-order valence-electron chi connectivity index (χ1n) is 7.74. The normalized spacial score (nSPS) is 43.2. The average Bonchev–Trinajstić information content (AvgIpc) is 2.90. The Kier molecular flexibility index (Phi) is 2.40. The fourth-order valence-corrected chi connectivity index (χ4v) is 4.82. The summed E-state index contributed by atoms with van der Waals surface area (Å²) in [6, 6.07) is 0. The summed E-state index contributed by atoms with van der Waals surface area (Å²) in [6.07, 6.45) is 15.5. The Balaban J connectivity index is 1.31.